The molecule has 0 atom stereocenters. The highest BCUT2D eigenvalue weighted by molar-refractivity contribution is 6.34. The van der Waals surface area contributed by atoms with Gasteiger partial charge >= 0.3 is 0 Å². The summed E-state index contributed by atoms with van der Waals surface area (Å²) < 4.78 is 20.0. The lowest BCUT2D eigenvalue weighted by Gasteiger charge is -2.29. The SMILES string of the molecule is Cc1nn(-c2ccc(F)cc2)c(Cl)c1C(=O)Nc1cccc(N2CCOCC2)c1. The fourth-order valence-corrected chi connectivity index (χ4v) is 3.66. The van der Waals surface area contributed by atoms with Gasteiger partial charge in [-0.3, -0.25) is 4.79 Å². The normalized spacial score (nSPS) is 14.1. The Balaban J connectivity index is 1.57. The number of carbonyl (C=O) groups excluding carboxylic acids is 1. The van der Waals surface area contributed by atoms with Gasteiger partial charge in [0.25, 0.3) is 5.91 Å². The maximum atomic E-state index is 13.2. The molecule has 0 radical (unpaired) electrons. The molecular formula is C21H20ClFN4O2. The molecule has 2 heterocycles. The maximum absolute atomic E-state index is 13.2. The van der Waals surface area contributed by atoms with Crippen LogP contribution in [0, 0.1) is 12.7 Å². The van der Waals surface area contributed by atoms with Crippen LogP contribution in [0.3, 0.4) is 0 Å². The van der Waals surface area contributed by atoms with Crippen LogP contribution in [0.15, 0.2) is 48.5 Å². The number of benzene rings is 2. The predicted molar refractivity (Wildman–Crippen MR) is 111 cm³/mol. The van der Waals surface area contributed by atoms with Gasteiger partial charge in [0.05, 0.1) is 24.6 Å². The number of aryl methyl sites for hydroxylation is 1. The first-order valence-corrected chi connectivity index (χ1v) is 9.66. The summed E-state index contributed by atoms with van der Waals surface area (Å²) in [6, 6.07) is 13.4. The Hall–Kier alpha value is -2.90. The maximum Gasteiger partial charge on any atom is 0.260 e. The zero-order chi connectivity index (χ0) is 20.4. The number of hydrogen-bond donors (Lipinski definition) is 1. The lowest BCUT2D eigenvalue weighted by Crippen LogP contribution is -2.36. The Morgan fingerprint density at radius 1 is 1.14 bits per heavy atom. The minimum absolute atomic E-state index is 0.177. The topological polar surface area (TPSA) is 59.4 Å². The number of ether oxygens (including phenoxy) is 1. The van der Waals surface area contributed by atoms with Crippen LogP contribution >= 0.6 is 11.6 Å². The molecule has 1 N–H and O–H groups in total. The van der Waals surface area contributed by atoms with E-state index in [0.29, 0.717) is 30.3 Å². The van der Waals surface area contributed by atoms with Crippen molar-refractivity contribution < 1.29 is 13.9 Å². The molecule has 1 saturated heterocycles. The van der Waals surface area contributed by atoms with Crippen LogP contribution in [0.4, 0.5) is 15.8 Å². The third-order valence-corrected chi connectivity index (χ3v) is 5.13. The van der Waals surface area contributed by atoms with Gasteiger partial charge < -0.3 is 15.0 Å². The molecule has 0 spiro atoms. The molecule has 150 valence electrons. The van der Waals surface area contributed by atoms with E-state index in [0.717, 1.165) is 18.8 Å². The van der Waals surface area contributed by atoms with Gasteiger partial charge in [-0.1, -0.05) is 17.7 Å². The molecule has 2 aromatic carbocycles. The van der Waals surface area contributed by atoms with E-state index in [-0.39, 0.29) is 22.4 Å². The number of nitrogens with zero attached hydrogens (tertiary/aromatic N) is 3. The number of aromatic nitrogens is 2. The quantitative estimate of drug-likeness (QED) is 0.699. The number of anilines is 2. The first-order valence-electron chi connectivity index (χ1n) is 9.28. The number of hydrogen-bond acceptors (Lipinski definition) is 4. The minimum Gasteiger partial charge on any atom is -0.378 e. The number of halogens is 2. The molecule has 1 amide bonds. The second-order valence-corrected chi connectivity index (χ2v) is 7.10. The zero-order valence-electron chi connectivity index (χ0n) is 15.9. The van der Waals surface area contributed by atoms with E-state index in [2.05, 4.69) is 15.3 Å². The second kappa shape index (κ2) is 8.23. The standard InChI is InChI=1S/C21H20ClFN4O2/c1-14-19(20(22)27(25-14)17-7-5-15(23)6-8-17)21(28)24-16-3-2-4-18(13-16)26-9-11-29-12-10-26/h2-8,13H,9-12H2,1H3,(H,24,28). The highest BCUT2D eigenvalue weighted by Crippen LogP contribution is 2.26. The summed E-state index contributed by atoms with van der Waals surface area (Å²) >= 11 is 6.44. The van der Waals surface area contributed by atoms with E-state index in [1.54, 1.807) is 19.1 Å². The van der Waals surface area contributed by atoms with Crippen LogP contribution in [-0.4, -0.2) is 42.0 Å². The number of amides is 1. The van der Waals surface area contributed by atoms with Gasteiger partial charge in [0, 0.05) is 24.5 Å². The van der Waals surface area contributed by atoms with Gasteiger partial charge in [0.1, 0.15) is 16.5 Å². The van der Waals surface area contributed by atoms with Gasteiger partial charge in [-0.05, 0) is 49.4 Å². The van der Waals surface area contributed by atoms with Gasteiger partial charge in [0.15, 0.2) is 0 Å². The minimum atomic E-state index is -0.355. The molecule has 1 aliphatic heterocycles. The van der Waals surface area contributed by atoms with Crippen molar-refractivity contribution in [2.75, 3.05) is 36.5 Å². The van der Waals surface area contributed by atoms with Crippen LogP contribution in [0.25, 0.3) is 5.69 Å². The van der Waals surface area contributed by atoms with Crippen molar-refractivity contribution in [1.29, 1.82) is 0 Å². The summed E-state index contributed by atoms with van der Waals surface area (Å²) in [6.07, 6.45) is 0. The average molecular weight is 415 g/mol. The summed E-state index contributed by atoms with van der Waals surface area (Å²) in [5.74, 6) is -0.702. The smallest absolute Gasteiger partial charge is 0.260 e. The molecule has 0 aliphatic carbocycles. The van der Waals surface area contributed by atoms with Crippen molar-refractivity contribution in [1.82, 2.24) is 9.78 Å². The lowest BCUT2D eigenvalue weighted by atomic mass is 10.2. The highest BCUT2D eigenvalue weighted by Gasteiger charge is 2.21. The summed E-state index contributed by atoms with van der Waals surface area (Å²) in [6.45, 7) is 4.71. The summed E-state index contributed by atoms with van der Waals surface area (Å²) in [7, 11) is 0. The van der Waals surface area contributed by atoms with E-state index < -0.39 is 0 Å². The van der Waals surface area contributed by atoms with Crippen molar-refractivity contribution in [3.8, 4) is 5.69 Å². The van der Waals surface area contributed by atoms with Crippen molar-refractivity contribution in [3.63, 3.8) is 0 Å². The number of nitrogens with one attached hydrogen (secondary N) is 1. The Labute approximate surface area is 172 Å². The van der Waals surface area contributed by atoms with Crippen molar-refractivity contribution in [2.45, 2.75) is 6.92 Å². The van der Waals surface area contributed by atoms with Gasteiger partial charge in [-0.2, -0.15) is 5.10 Å². The molecule has 3 aromatic rings. The van der Waals surface area contributed by atoms with E-state index in [1.165, 1.54) is 16.8 Å². The molecule has 8 heteroatoms. The van der Waals surface area contributed by atoms with Crippen LogP contribution in [0.5, 0.6) is 0 Å². The largest absolute Gasteiger partial charge is 0.378 e. The van der Waals surface area contributed by atoms with E-state index >= 15 is 0 Å². The second-order valence-electron chi connectivity index (χ2n) is 6.74. The Bertz CT molecular complexity index is 1030. The predicted octanol–water partition coefficient (Wildman–Crippen LogP) is 4.06. The van der Waals surface area contributed by atoms with Crippen LogP contribution in [0.2, 0.25) is 5.15 Å². The molecule has 0 bridgehead atoms. The van der Waals surface area contributed by atoms with E-state index in [9.17, 15) is 9.18 Å². The first kappa shape index (κ1) is 19.4. The summed E-state index contributed by atoms with van der Waals surface area (Å²) in [5.41, 5.74) is 3.04. The average Bonchev–Trinajstić information content (AvgIpc) is 3.03. The molecule has 6 nitrogen and oxygen atoms in total. The van der Waals surface area contributed by atoms with Crippen molar-refractivity contribution >= 4 is 28.9 Å². The van der Waals surface area contributed by atoms with Gasteiger partial charge in [0.2, 0.25) is 0 Å². The summed E-state index contributed by atoms with van der Waals surface area (Å²) in [4.78, 5) is 15.1. The van der Waals surface area contributed by atoms with Crippen LogP contribution < -0.4 is 10.2 Å². The lowest BCUT2D eigenvalue weighted by molar-refractivity contribution is 0.102. The van der Waals surface area contributed by atoms with Gasteiger partial charge in [-0.25, -0.2) is 9.07 Å². The Morgan fingerprint density at radius 2 is 1.86 bits per heavy atom. The third kappa shape index (κ3) is 4.11. The van der Waals surface area contributed by atoms with Crippen LogP contribution in [0.1, 0.15) is 16.1 Å². The highest BCUT2D eigenvalue weighted by atomic mass is 35.5. The van der Waals surface area contributed by atoms with Crippen LogP contribution in [-0.2, 0) is 4.74 Å². The Kier molecular flexibility index (Phi) is 5.51. The molecule has 1 aromatic heterocycles. The number of rotatable bonds is 4. The molecular weight excluding hydrogens is 395 g/mol. The Morgan fingerprint density at radius 3 is 2.59 bits per heavy atom. The monoisotopic (exact) mass is 414 g/mol. The number of carbonyl (C=O) groups is 1. The first-order chi connectivity index (χ1) is 14.0. The van der Waals surface area contributed by atoms with Crippen molar-refractivity contribution in [2.24, 2.45) is 0 Å². The molecule has 1 aliphatic rings. The van der Waals surface area contributed by atoms with E-state index in [4.69, 9.17) is 16.3 Å². The zero-order valence-corrected chi connectivity index (χ0v) is 16.6. The van der Waals surface area contributed by atoms with Gasteiger partial charge in [-0.15, -0.1) is 0 Å². The van der Waals surface area contributed by atoms with E-state index in [1.807, 2.05) is 24.3 Å². The number of morpholine rings is 1. The fourth-order valence-electron chi connectivity index (χ4n) is 3.31. The molecule has 0 saturated carbocycles. The van der Waals surface area contributed by atoms with Crippen molar-refractivity contribution in [3.05, 3.63) is 70.8 Å². The summed E-state index contributed by atoms with van der Waals surface area (Å²) in [5, 5.41) is 7.42. The fraction of sp³-hybridized carbons (Fsp3) is 0.238. The molecule has 29 heavy (non-hydrogen) atoms. The third-order valence-electron chi connectivity index (χ3n) is 4.78. The molecule has 1 fully saturated rings. The molecule has 4 rings (SSSR count). The molecule has 0 unspecified atom stereocenters.